The highest BCUT2D eigenvalue weighted by atomic mass is 16.7. The molecule has 0 aromatic heterocycles. The van der Waals surface area contributed by atoms with Gasteiger partial charge in [0, 0.05) is 56.7 Å². The van der Waals surface area contributed by atoms with Gasteiger partial charge in [-0.15, -0.1) is 0 Å². The molecule has 0 bridgehead atoms. The van der Waals surface area contributed by atoms with Gasteiger partial charge in [0.2, 0.25) is 18.4 Å². The number of carboxylic acids is 1. The average molecular weight is 638 g/mol. The van der Waals surface area contributed by atoms with Crippen LogP contribution in [0.3, 0.4) is 0 Å². The Hall–Kier alpha value is -3.83. The summed E-state index contributed by atoms with van der Waals surface area (Å²) < 4.78 is 17.7. The molecule has 0 unspecified atom stereocenters. The van der Waals surface area contributed by atoms with Crippen LogP contribution in [0, 0.1) is 5.92 Å². The van der Waals surface area contributed by atoms with Crippen LogP contribution < -0.4 is 14.2 Å². The number of likely N-dealkylation sites (tertiary alicyclic amines) is 1. The molecule has 11 heteroatoms. The van der Waals surface area contributed by atoms with E-state index < -0.39 is 23.8 Å². The predicted octanol–water partition coefficient (Wildman–Crippen LogP) is 3.66. The lowest BCUT2D eigenvalue weighted by atomic mass is 9.84. The van der Waals surface area contributed by atoms with Gasteiger partial charge >= 0.3 is 5.97 Å². The van der Waals surface area contributed by atoms with Gasteiger partial charge in [-0.2, -0.15) is 0 Å². The number of hydrogen-bond donors (Lipinski definition) is 1. The van der Waals surface area contributed by atoms with Crippen LogP contribution in [0.1, 0.15) is 60.0 Å². The van der Waals surface area contributed by atoms with E-state index in [0.717, 1.165) is 41.4 Å². The van der Waals surface area contributed by atoms with E-state index in [-0.39, 0.29) is 25.2 Å². The molecule has 3 atom stereocenters. The van der Waals surface area contributed by atoms with E-state index in [1.54, 1.807) is 12.0 Å². The Balaban J connectivity index is 1.41. The molecule has 5 rings (SSSR count). The Bertz CT molecular complexity index is 1420. The summed E-state index contributed by atoms with van der Waals surface area (Å²) in [5, 5.41) is 10.7. The summed E-state index contributed by atoms with van der Waals surface area (Å²) in [6, 6.07) is 10.8. The zero-order chi connectivity index (χ0) is 33.0. The molecule has 46 heavy (non-hydrogen) atoms. The third kappa shape index (κ3) is 7.41. The first-order valence-electron chi connectivity index (χ1n) is 16.4. The van der Waals surface area contributed by atoms with E-state index >= 15 is 0 Å². The number of carbonyl (C=O) groups excluding carboxylic acids is 2. The molecule has 2 amide bonds. The largest absolute Gasteiger partial charge is 0.493 e. The molecule has 3 aliphatic heterocycles. The summed E-state index contributed by atoms with van der Waals surface area (Å²) in [6.07, 6.45) is 3.21. The van der Waals surface area contributed by atoms with Crippen molar-refractivity contribution in [2.45, 2.75) is 51.1 Å². The third-order valence-electron chi connectivity index (χ3n) is 9.46. The van der Waals surface area contributed by atoms with E-state index in [4.69, 9.17) is 14.2 Å². The summed E-state index contributed by atoms with van der Waals surface area (Å²) >= 11 is 0. The van der Waals surface area contributed by atoms with Gasteiger partial charge in [-0.1, -0.05) is 31.5 Å². The first kappa shape index (κ1) is 33.5. The molecule has 2 aromatic rings. The maximum atomic E-state index is 14.0. The SMILES string of the molecule is CCCCN(CCC[N+](C)(C)C)C(=O)CN1C[C@H](c2cc(OC)c3c(c2)OCO3)[C@@H](C(=O)O)[C@@H]1CCN1Cc2ccccc2C1=O. The number of amides is 2. The number of carbonyl (C=O) groups is 3. The molecule has 3 aliphatic rings. The van der Waals surface area contributed by atoms with Crippen LogP contribution in [0.2, 0.25) is 0 Å². The Labute approximate surface area is 272 Å². The minimum absolute atomic E-state index is 0.0116. The number of nitrogens with zero attached hydrogens (tertiary/aromatic N) is 4. The van der Waals surface area contributed by atoms with Gasteiger partial charge in [0.05, 0.1) is 47.3 Å². The number of rotatable bonds is 15. The summed E-state index contributed by atoms with van der Waals surface area (Å²) in [6.45, 7) is 5.87. The number of ether oxygens (including phenoxy) is 3. The molecular weight excluding hydrogens is 588 g/mol. The Kier molecular flexibility index (Phi) is 10.4. The second-order valence-electron chi connectivity index (χ2n) is 13.7. The van der Waals surface area contributed by atoms with Crippen LogP contribution >= 0.6 is 0 Å². The van der Waals surface area contributed by atoms with E-state index in [0.29, 0.717) is 62.0 Å². The molecule has 3 heterocycles. The zero-order valence-electron chi connectivity index (χ0n) is 27.9. The Morgan fingerprint density at radius 3 is 2.57 bits per heavy atom. The van der Waals surface area contributed by atoms with Crippen molar-refractivity contribution in [2.75, 3.05) is 74.3 Å². The lowest BCUT2D eigenvalue weighted by molar-refractivity contribution is -0.870. The fourth-order valence-electron chi connectivity index (χ4n) is 7.06. The lowest BCUT2D eigenvalue weighted by Gasteiger charge is -2.31. The number of benzene rings is 2. The molecule has 0 radical (unpaired) electrons. The van der Waals surface area contributed by atoms with Crippen LogP contribution in [0.15, 0.2) is 36.4 Å². The minimum atomic E-state index is -0.927. The zero-order valence-corrected chi connectivity index (χ0v) is 27.9. The van der Waals surface area contributed by atoms with Crippen molar-refractivity contribution >= 4 is 17.8 Å². The van der Waals surface area contributed by atoms with Crippen molar-refractivity contribution < 1.29 is 38.2 Å². The van der Waals surface area contributed by atoms with Crippen molar-refractivity contribution in [3.8, 4) is 17.2 Å². The highest BCUT2D eigenvalue weighted by Crippen LogP contribution is 2.47. The standard InChI is InChI=1S/C35H48N4O7/c1-6-7-14-36(15-10-17-39(2,3)4)31(40)22-38-21-27(25-18-29(44-5)33-30(19-25)45-23-46-33)32(35(42)43)28(38)13-16-37-20-24-11-8-9-12-26(24)34(37)41/h8-9,11-12,18-19,27-28,32H,6-7,10,13-17,20-23H2,1-5H3/p+1/t27-,28+,32-/m1/s1. The minimum Gasteiger partial charge on any atom is -0.493 e. The fraction of sp³-hybridized carbons (Fsp3) is 0.571. The average Bonchev–Trinajstić information content (AvgIpc) is 3.72. The molecule has 11 nitrogen and oxygen atoms in total. The second-order valence-corrected chi connectivity index (χ2v) is 13.7. The van der Waals surface area contributed by atoms with Gasteiger partial charge in [0.15, 0.2) is 11.5 Å². The second kappa shape index (κ2) is 14.3. The summed E-state index contributed by atoms with van der Waals surface area (Å²) in [7, 11) is 7.99. The molecule has 0 spiro atoms. The van der Waals surface area contributed by atoms with Crippen LogP contribution in [-0.2, 0) is 16.1 Å². The maximum absolute atomic E-state index is 14.0. The number of unbranched alkanes of at least 4 members (excludes halogenated alkanes) is 1. The van der Waals surface area contributed by atoms with Gasteiger partial charge in [0.1, 0.15) is 0 Å². The van der Waals surface area contributed by atoms with Crippen LogP contribution in [-0.4, -0.2) is 122 Å². The number of quaternary nitrogens is 1. The molecule has 0 saturated carbocycles. The summed E-state index contributed by atoms with van der Waals surface area (Å²) in [5.74, 6) is -0.666. The van der Waals surface area contributed by atoms with Crippen molar-refractivity contribution in [3.63, 3.8) is 0 Å². The first-order chi connectivity index (χ1) is 22.0. The van der Waals surface area contributed by atoms with Crippen molar-refractivity contribution in [2.24, 2.45) is 5.92 Å². The first-order valence-corrected chi connectivity index (χ1v) is 16.4. The Morgan fingerprint density at radius 1 is 1.11 bits per heavy atom. The van der Waals surface area contributed by atoms with Crippen molar-refractivity contribution in [1.82, 2.24) is 14.7 Å². The highest BCUT2D eigenvalue weighted by Gasteiger charge is 2.48. The quantitative estimate of drug-likeness (QED) is 0.295. The molecule has 1 fully saturated rings. The number of carboxylic acid groups (broad SMARTS) is 1. The van der Waals surface area contributed by atoms with Crippen LogP contribution in [0.25, 0.3) is 0 Å². The third-order valence-corrected chi connectivity index (χ3v) is 9.46. The monoisotopic (exact) mass is 637 g/mol. The molecule has 1 saturated heterocycles. The topological polar surface area (TPSA) is 109 Å². The van der Waals surface area contributed by atoms with Crippen molar-refractivity contribution in [3.05, 3.63) is 53.1 Å². The van der Waals surface area contributed by atoms with E-state index in [1.807, 2.05) is 46.2 Å². The van der Waals surface area contributed by atoms with Gasteiger partial charge in [-0.25, -0.2) is 0 Å². The summed E-state index contributed by atoms with van der Waals surface area (Å²) in [5.41, 5.74) is 2.44. The molecule has 1 N–H and O–H groups in total. The van der Waals surface area contributed by atoms with Crippen molar-refractivity contribution in [1.29, 1.82) is 0 Å². The van der Waals surface area contributed by atoms with Gasteiger partial charge < -0.3 is 33.6 Å². The van der Waals surface area contributed by atoms with E-state index in [9.17, 15) is 19.5 Å². The predicted molar refractivity (Wildman–Crippen MR) is 173 cm³/mol. The highest BCUT2D eigenvalue weighted by molar-refractivity contribution is 5.98. The normalized spacial score (nSPS) is 20.7. The van der Waals surface area contributed by atoms with Crippen LogP contribution in [0.4, 0.5) is 0 Å². The molecular formula is C35H49N4O7+. The summed E-state index contributed by atoms with van der Waals surface area (Å²) in [4.78, 5) is 46.0. The maximum Gasteiger partial charge on any atom is 0.308 e. The fourth-order valence-corrected chi connectivity index (χ4v) is 7.06. The Morgan fingerprint density at radius 2 is 1.87 bits per heavy atom. The number of methoxy groups -OCH3 is 1. The van der Waals surface area contributed by atoms with Gasteiger partial charge in [0.25, 0.3) is 5.91 Å². The number of aliphatic carboxylic acids is 1. The number of fused-ring (bicyclic) bond motifs is 2. The van der Waals surface area contributed by atoms with E-state index in [1.165, 1.54) is 0 Å². The van der Waals surface area contributed by atoms with Crippen LogP contribution in [0.5, 0.6) is 17.2 Å². The lowest BCUT2D eigenvalue weighted by Crippen LogP contribution is -2.46. The smallest absolute Gasteiger partial charge is 0.308 e. The van der Waals surface area contributed by atoms with Gasteiger partial charge in [-0.05, 0) is 42.2 Å². The van der Waals surface area contributed by atoms with E-state index in [2.05, 4.69) is 28.1 Å². The molecule has 2 aromatic carbocycles. The molecule has 0 aliphatic carbocycles. The van der Waals surface area contributed by atoms with Gasteiger partial charge in [-0.3, -0.25) is 19.3 Å². The molecule has 250 valence electrons. The number of hydrogen-bond acceptors (Lipinski definition) is 7.